The summed E-state index contributed by atoms with van der Waals surface area (Å²) in [5.41, 5.74) is 3.05. The maximum absolute atomic E-state index is 12.9. The molecule has 26 heavy (non-hydrogen) atoms. The molecule has 1 atom stereocenters. The highest BCUT2D eigenvalue weighted by atomic mass is 16.2. The first-order chi connectivity index (χ1) is 12.5. The van der Waals surface area contributed by atoms with Crippen LogP contribution < -0.4 is 0 Å². The van der Waals surface area contributed by atoms with Gasteiger partial charge in [0.05, 0.1) is 6.20 Å². The van der Waals surface area contributed by atoms with E-state index < -0.39 is 0 Å². The minimum Gasteiger partial charge on any atom is -0.341 e. The number of aromatic nitrogens is 3. The van der Waals surface area contributed by atoms with E-state index in [0.29, 0.717) is 12.5 Å². The van der Waals surface area contributed by atoms with Gasteiger partial charge in [-0.3, -0.25) is 9.59 Å². The van der Waals surface area contributed by atoms with Gasteiger partial charge in [-0.15, -0.1) is 0 Å². The van der Waals surface area contributed by atoms with Crippen LogP contribution in [0.1, 0.15) is 49.9 Å². The molecule has 0 bridgehead atoms. The Kier molecular flexibility index (Phi) is 4.38. The molecule has 4 heterocycles. The summed E-state index contributed by atoms with van der Waals surface area (Å²) in [7, 11) is 0. The molecule has 0 aromatic carbocycles. The number of carbonyl (C=O) groups excluding carboxylic acids is 2. The number of likely N-dealkylation sites (tertiary alicyclic amines) is 2. The van der Waals surface area contributed by atoms with Crippen molar-refractivity contribution < 1.29 is 9.59 Å². The van der Waals surface area contributed by atoms with Gasteiger partial charge in [0.1, 0.15) is 6.04 Å². The van der Waals surface area contributed by atoms with E-state index in [1.165, 1.54) is 0 Å². The van der Waals surface area contributed by atoms with Gasteiger partial charge < -0.3 is 9.80 Å². The summed E-state index contributed by atoms with van der Waals surface area (Å²) in [4.78, 5) is 33.0. The Hall–Kier alpha value is -2.44. The fourth-order valence-corrected chi connectivity index (χ4v) is 4.31. The van der Waals surface area contributed by atoms with Gasteiger partial charge in [-0.05, 0) is 38.7 Å². The summed E-state index contributed by atoms with van der Waals surface area (Å²) < 4.78 is 1.85. The number of rotatable bonds is 2. The summed E-state index contributed by atoms with van der Waals surface area (Å²) >= 11 is 0. The number of piperidine rings is 1. The van der Waals surface area contributed by atoms with Crippen molar-refractivity contribution in [1.82, 2.24) is 24.4 Å². The zero-order valence-corrected chi connectivity index (χ0v) is 15.4. The molecule has 2 aliphatic heterocycles. The van der Waals surface area contributed by atoms with Gasteiger partial charge in [0.2, 0.25) is 11.8 Å². The van der Waals surface area contributed by atoms with Crippen LogP contribution >= 0.6 is 0 Å². The molecular formula is C19H25N5O2. The molecule has 7 nitrogen and oxygen atoms in total. The van der Waals surface area contributed by atoms with Gasteiger partial charge in [-0.25, -0.2) is 9.50 Å². The second-order valence-electron chi connectivity index (χ2n) is 7.39. The Morgan fingerprint density at radius 3 is 2.65 bits per heavy atom. The highest BCUT2D eigenvalue weighted by Crippen LogP contribution is 2.29. The van der Waals surface area contributed by atoms with Crippen molar-refractivity contribution in [2.24, 2.45) is 0 Å². The van der Waals surface area contributed by atoms with Crippen molar-refractivity contribution >= 4 is 17.5 Å². The summed E-state index contributed by atoms with van der Waals surface area (Å²) in [5.74, 6) is 0.487. The van der Waals surface area contributed by atoms with Crippen molar-refractivity contribution in [3.05, 3.63) is 29.7 Å². The van der Waals surface area contributed by atoms with E-state index in [-0.39, 0.29) is 17.9 Å². The maximum Gasteiger partial charge on any atom is 0.245 e. The fourth-order valence-electron chi connectivity index (χ4n) is 4.31. The lowest BCUT2D eigenvalue weighted by Crippen LogP contribution is -2.49. The van der Waals surface area contributed by atoms with E-state index in [2.05, 4.69) is 11.2 Å². The fraction of sp³-hybridized carbons (Fsp3) is 0.579. The number of amides is 2. The van der Waals surface area contributed by atoms with Gasteiger partial charge in [0, 0.05) is 49.9 Å². The standard InChI is InChI=1S/C19H25N5O2/c1-13-12-16(21-18-5-8-20-24(13)18)15-6-10-22(11-7-15)19(26)17-4-3-9-23(17)14(2)25/h5,8,12,15,17H,3-4,6-7,9-11H2,1-2H3/t17-/m0/s1. The molecule has 2 aromatic heterocycles. The first-order valence-electron chi connectivity index (χ1n) is 9.42. The number of aryl methyl sites for hydroxylation is 1. The minimum absolute atomic E-state index is 0.00419. The third kappa shape index (κ3) is 2.95. The Morgan fingerprint density at radius 1 is 1.15 bits per heavy atom. The van der Waals surface area contributed by atoms with Crippen molar-refractivity contribution in [2.45, 2.75) is 51.5 Å². The van der Waals surface area contributed by atoms with Crippen molar-refractivity contribution in [1.29, 1.82) is 0 Å². The molecule has 7 heteroatoms. The Morgan fingerprint density at radius 2 is 1.92 bits per heavy atom. The topological polar surface area (TPSA) is 70.8 Å². The van der Waals surface area contributed by atoms with Gasteiger partial charge in [0.25, 0.3) is 0 Å². The smallest absolute Gasteiger partial charge is 0.245 e. The third-order valence-corrected chi connectivity index (χ3v) is 5.72. The lowest BCUT2D eigenvalue weighted by molar-refractivity contribution is -0.143. The van der Waals surface area contributed by atoms with E-state index in [1.807, 2.05) is 22.4 Å². The molecular weight excluding hydrogens is 330 g/mol. The molecule has 138 valence electrons. The van der Waals surface area contributed by atoms with E-state index in [1.54, 1.807) is 18.0 Å². The number of carbonyl (C=O) groups is 2. The summed E-state index contributed by atoms with van der Waals surface area (Å²) in [6.07, 6.45) is 5.30. The van der Waals surface area contributed by atoms with Crippen LogP contribution in [0.4, 0.5) is 0 Å². The highest BCUT2D eigenvalue weighted by molar-refractivity contribution is 5.87. The second kappa shape index (κ2) is 6.70. The molecule has 0 aliphatic carbocycles. The van der Waals surface area contributed by atoms with E-state index in [9.17, 15) is 9.59 Å². The van der Waals surface area contributed by atoms with Crippen LogP contribution in [0.5, 0.6) is 0 Å². The SMILES string of the molecule is CC(=O)N1CCC[C@H]1C(=O)N1CCC(c2cc(C)n3nccc3n2)CC1. The van der Waals surface area contributed by atoms with Crippen LogP contribution in [0.25, 0.3) is 5.65 Å². The average Bonchev–Trinajstić information content (AvgIpc) is 3.30. The van der Waals surface area contributed by atoms with Crippen LogP contribution in [-0.2, 0) is 9.59 Å². The number of hydrogen-bond acceptors (Lipinski definition) is 4. The largest absolute Gasteiger partial charge is 0.341 e. The minimum atomic E-state index is -0.257. The molecule has 4 rings (SSSR count). The lowest BCUT2D eigenvalue weighted by Gasteiger charge is -2.35. The van der Waals surface area contributed by atoms with Gasteiger partial charge in [0.15, 0.2) is 5.65 Å². The van der Waals surface area contributed by atoms with E-state index in [4.69, 9.17) is 4.98 Å². The van der Waals surface area contributed by atoms with Gasteiger partial charge in [-0.2, -0.15) is 5.10 Å². The summed E-state index contributed by atoms with van der Waals surface area (Å²) in [6, 6.07) is 3.77. The van der Waals surface area contributed by atoms with Crippen LogP contribution in [-0.4, -0.2) is 61.9 Å². The Labute approximate surface area is 153 Å². The highest BCUT2D eigenvalue weighted by Gasteiger charge is 2.36. The molecule has 2 amide bonds. The van der Waals surface area contributed by atoms with Crippen molar-refractivity contribution in [3.63, 3.8) is 0 Å². The quantitative estimate of drug-likeness (QED) is 0.823. The van der Waals surface area contributed by atoms with Crippen molar-refractivity contribution in [3.8, 4) is 0 Å². The maximum atomic E-state index is 12.9. The average molecular weight is 355 g/mol. The number of nitrogens with zero attached hydrogens (tertiary/aromatic N) is 5. The molecule has 2 aromatic rings. The van der Waals surface area contributed by atoms with Crippen LogP contribution in [0.15, 0.2) is 18.3 Å². The normalized spacial score (nSPS) is 21.5. The van der Waals surface area contributed by atoms with Crippen LogP contribution in [0.2, 0.25) is 0 Å². The number of fused-ring (bicyclic) bond motifs is 1. The van der Waals surface area contributed by atoms with E-state index in [0.717, 1.165) is 55.8 Å². The molecule has 0 unspecified atom stereocenters. The molecule has 0 spiro atoms. The molecule has 2 saturated heterocycles. The lowest BCUT2D eigenvalue weighted by atomic mass is 9.92. The molecule has 0 N–H and O–H groups in total. The van der Waals surface area contributed by atoms with Crippen molar-refractivity contribution in [2.75, 3.05) is 19.6 Å². The predicted molar refractivity (Wildman–Crippen MR) is 96.7 cm³/mol. The monoisotopic (exact) mass is 355 g/mol. The molecule has 0 saturated carbocycles. The molecule has 2 fully saturated rings. The second-order valence-corrected chi connectivity index (χ2v) is 7.39. The molecule has 2 aliphatic rings. The summed E-state index contributed by atoms with van der Waals surface area (Å²) in [6.45, 7) is 5.77. The Balaban J connectivity index is 1.43. The van der Waals surface area contributed by atoms with Crippen LogP contribution in [0, 0.1) is 6.92 Å². The zero-order chi connectivity index (χ0) is 18.3. The first-order valence-corrected chi connectivity index (χ1v) is 9.42. The number of hydrogen-bond donors (Lipinski definition) is 0. The summed E-state index contributed by atoms with van der Waals surface area (Å²) in [5, 5.41) is 4.27. The van der Waals surface area contributed by atoms with Gasteiger partial charge in [-0.1, -0.05) is 0 Å². The predicted octanol–water partition coefficient (Wildman–Crippen LogP) is 1.75. The zero-order valence-electron chi connectivity index (χ0n) is 15.4. The van der Waals surface area contributed by atoms with E-state index >= 15 is 0 Å². The molecule has 0 radical (unpaired) electrons. The Bertz CT molecular complexity index is 838. The third-order valence-electron chi connectivity index (χ3n) is 5.72. The van der Waals surface area contributed by atoms with Gasteiger partial charge >= 0.3 is 0 Å². The first kappa shape index (κ1) is 17.0. The van der Waals surface area contributed by atoms with Crippen LogP contribution in [0.3, 0.4) is 0 Å².